The van der Waals surface area contributed by atoms with Gasteiger partial charge in [0, 0.05) is 31.5 Å². The molecule has 1 aromatic heterocycles. The molecule has 1 saturated heterocycles. The van der Waals surface area contributed by atoms with Crippen molar-refractivity contribution in [1.29, 1.82) is 0 Å². The Balaban J connectivity index is 1.37. The smallest absolute Gasteiger partial charge is 0.241 e. The van der Waals surface area contributed by atoms with E-state index in [1.54, 1.807) is 0 Å². The van der Waals surface area contributed by atoms with Gasteiger partial charge in [0.1, 0.15) is 5.82 Å². The molecular weight excluding hydrogens is 378 g/mol. The highest BCUT2D eigenvalue weighted by molar-refractivity contribution is 5.94. The summed E-state index contributed by atoms with van der Waals surface area (Å²) in [6, 6.07) is 15.8. The molecule has 4 rings (SSSR count). The molecule has 1 aliphatic rings. The van der Waals surface area contributed by atoms with Crippen LogP contribution in [-0.2, 0) is 23.1 Å². The van der Waals surface area contributed by atoms with Crippen molar-refractivity contribution in [2.45, 2.75) is 19.5 Å². The topological polar surface area (TPSA) is 62.6 Å². The number of benzene rings is 2. The maximum atomic E-state index is 12.8. The highest BCUT2D eigenvalue weighted by atomic mass is 16.5. The number of nitrogens with zero attached hydrogens (tertiary/aromatic N) is 4. The first kappa shape index (κ1) is 20.4. The van der Waals surface area contributed by atoms with Crippen molar-refractivity contribution >= 4 is 28.3 Å². The number of para-hydroxylation sites is 2. The van der Waals surface area contributed by atoms with Crippen LogP contribution in [0.5, 0.6) is 0 Å². The Hall–Kier alpha value is -2.90. The summed E-state index contributed by atoms with van der Waals surface area (Å²) >= 11 is 0. The Bertz CT molecular complexity index is 1010. The van der Waals surface area contributed by atoms with Gasteiger partial charge in [-0.3, -0.25) is 9.69 Å². The first-order valence-electron chi connectivity index (χ1n) is 10.4. The predicted molar refractivity (Wildman–Crippen MR) is 120 cm³/mol. The van der Waals surface area contributed by atoms with Gasteiger partial charge in [0.05, 0.1) is 36.8 Å². The summed E-state index contributed by atoms with van der Waals surface area (Å²) in [6.07, 6.45) is 0. The van der Waals surface area contributed by atoms with Crippen LogP contribution in [-0.4, -0.2) is 59.8 Å². The number of carbonyl (C=O) groups is 1. The average Bonchev–Trinajstić information content (AvgIpc) is 3.09. The second-order valence-corrected chi connectivity index (χ2v) is 7.80. The third-order valence-corrected chi connectivity index (χ3v) is 5.82. The van der Waals surface area contributed by atoms with Crippen LogP contribution in [0, 0.1) is 0 Å². The van der Waals surface area contributed by atoms with E-state index < -0.39 is 0 Å². The van der Waals surface area contributed by atoms with Crippen LogP contribution in [0.4, 0.5) is 11.4 Å². The van der Waals surface area contributed by atoms with Gasteiger partial charge in [-0.1, -0.05) is 12.1 Å². The lowest BCUT2D eigenvalue weighted by Crippen LogP contribution is -2.39. The lowest BCUT2D eigenvalue weighted by Gasteiger charge is -2.29. The summed E-state index contributed by atoms with van der Waals surface area (Å²) in [5.74, 6) is 0.906. The van der Waals surface area contributed by atoms with E-state index in [2.05, 4.69) is 33.0 Å². The zero-order chi connectivity index (χ0) is 21.1. The van der Waals surface area contributed by atoms with Crippen LogP contribution in [0.3, 0.4) is 0 Å². The first-order valence-corrected chi connectivity index (χ1v) is 10.4. The van der Waals surface area contributed by atoms with Gasteiger partial charge in [-0.05, 0) is 50.4 Å². The van der Waals surface area contributed by atoms with Gasteiger partial charge in [-0.2, -0.15) is 0 Å². The highest BCUT2D eigenvalue weighted by Crippen LogP contribution is 2.20. The van der Waals surface area contributed by atoms with E-state index in [-0.39, 0.29) is 11.9 Å². The van der Waals surface area contributed by atoms with E-state index >= 15 is 0 Å². The summed E-state index contributed by atoms with van der Waals surface area (Å²) in [5, 5.41) is 3.03. The Labute approximate surface area is 177 Å². The van der Waals surface area contributed by atoms with Gasteiger partial charge in [0.15, 0.2) is 0 Å². The van der Waals surface area contributed by atoms with Crippen molar-refractivity contribution in [2.24, 2.45) is 7.05 Å². The number of morpholine rings is 1. The van der Waals surface area contributed by atoms with E-state index in [0.717, 1.165) is 54.5 Å². The molecule has 0 aliphatic carbocycles. The second kappa shape index (κ2) is 8.85. The number of hydrogen-bond acceptors (Lipinski definition) is 5. The van der Waals surface area contributed by atoms with Gasteiger partial charge in [0.2, 0.25) is 5.91 Å². The number of carbonyl (C=O) groups excluding carboxylic acids is 1. The standard InChI is InChI=1S/C23H29N5O2/c1-17(26(2)16-22-25-20-6-4-5-7-21(20)27(22)3)23(29)24-18-8-10-19(11-9-18)28-12-14-30-15-13-28/h4-11,17H,12-16H2,1-3H3,(H,24,29). The number of fused-ring (bicyclic) bond motifs is 1. The number of anilines is 2. The molecule has 0 bridgehead atoms. The lowest BCUT2D eigenvalue weighted by atomic mass is 10.2. The number of amides is 1. The summed E-state index contributed by atoms with van der Waals surface area (Å²) in [6.45, 7) is 5.82. The van der Waals surface area contributed by atoms with E-state index in [9.17, 15) is 4.79 Å². The summed E-state index contributed by atoms with van der Waals surface area (Å²) in [5.41, 5.74) is 4.03. The number of aryl methyl sites for hydroxylation is 1. The minimum atomic E-state index is -0.288. The number of hydrogen-bond donors (Lipinski definition) is 1. The van der Waals surface area contributed by atoms with Crippen LogP contribution < -0.4 is 10.2 Å². The molecular formula is C23H29N5O2. The Kier molecular flexibility index (Phi) is 6.01. The molecule has 30 heavy (non-hydrogen) atoms. The molecule has 158 valence electrons. The minimum absolute atomic E-state index is 0.0320. The maximum Gasteiger partial charge on any atom is 0.241 e. The van der Waals surface area contributed by atoms with E-state index in [4.69, 9.17) is 9.72 Å². The minimum Gasteiger partial charge on any atom is -0.378 e. The van der Waals surface area contributed by atoms with Gasteiger partial charge in [-0.15, -0.1) is 0 Å². The van der Waals surface area contributed by atoms with Crippen molar-refractivity contribution in [2.75, 3.05) is 43.6 Å². The van der Waals surface area contributed by atoms with E-state index in [1.807, 2.05) is 56.3 Å². The Morgan fingerprint density at radius 1 is 1.17 bits per heavy atom. The normalized spacial score (nSPS) is 15.5. The summed E-state index contributed by atoms with van der Waals surface area (Å²) < 4.78 is 7.49. The van der Waals surface area contributed by atoms with Crippen LogP contribution >= 0.6 is 0 Å². The Morgan fingerprint density at radius 3 is 2.57 bits per heavy atom. The molecule has 1 atom stereocenters. The Morgan fingerprint density at radius 2 is 1.87 bits per heavy atom. The molecule has 1 aliphatic heterocycles. The molecule has 1 fully saturated rings. The van der Waals surface area contributed by atoms with Crippen molar-refractivity contribution < 1.29 is 9.53 Å². The predicted octanol–water partition coefficient (Wildman–Crippen LogP) is 2.87. The fourth-order valence-corrected chi connectivity index (χ4v) is 3.72. The number of rotatable bonds is 6. The number of aromatic nitrogens is 2. The van der Waals surface area contributed by atoms with Gasteiger partial charge in [-0.25, -0.2) is 4.98 Å². The molecule has 0 spiro atoms. The van der Waals surface area contributed by atoms with Crippen LogP contribution in [0.2, 0.25) is 0 Å². The SMILES string of the molecule is CC(C(=O)Nc1ccc(N2CCOCC2)cc1)N(C)Cc1nc2ccccc2n1C. The average molecular weight is 408 g/mol. The van der Waals surface area contributed by atoms with Gasteiger partial charge < -0.3 is 19.5 Å². The van der Waals surface area contributed by atoms with Gasteiger partial charge >= 0.3 is 0 Å². The zero-order valence-corrected chi connectivity index (χ0v) is 17.8. The molecule has 1 N–H and O–H groups in total. The lowest BCUT2D eigenvalue weighted by molar-refractivity contribution is -0.120. The number of imidazole rings is 1. The first-order chi connectivity index (χ1) is 14.5. The highest BCUT2D eigenvalue weighted by Gasteiger charge is 2.20. The fraction of sp³-hybridized carbons (Fsp3) is 0.391. The van der Waals surface area contributed by atoms with Crippen molar-refractivity contribution in [3.63, 3.8) is 0 Å². The zero-order valence-electron chi connectivity index (χ0n) is 17.8. The molecule has 1 unspecified atom stereocenters. The van der Waals surface area contributed by atoms with Crippen molar-refractivity contribution in [3.8, 4) is 0 Å². The molecule has 2 aromatic carbocycles. The molecule has 1 amide bonds. The summed E-state index contributed by atoms with van der Waals surface area (Å²) in [4.78, 5) is 21.8. The van der Waals surface area contributed by atoms with Crippen LogP contribution in [0.15, 0.2) is 48.5 Å². The van der Waals surface area contributed by atoms with Crippen molar-refractivity contribution in [3.05, 3.63) is 54.4 Å². The number of likely N-dealkylation sites (N-methyl/N-ethyl adjacent to an activating group) is 1. The largest absolute Gasteiger partial charge is 0.378 e. The van der Waals surface area contributed by atoms with Crippen LogP contribution in [0.25, 0.3) is 11.0 Å². The molecule has 0 radical (unpaired) electrons. The summed E-state index contributed by atoms with van der Waals surface area (Å²) in [7, 11) is 3.96. The molecule has 7 nitrogen and oxygen atoms in total. The van der Waals surface area contributed by atoms with Crippen molar-refractivity contribution in [1.82, 2.24) is 14.5 Å². The molecule has 2 heterocycles. The maximum absolute atomic E-state index is 12.8. The third kappa shape index (κ3) is 4.32. The monoisotopic (exact) mass is 407 g/mol. The second-order valence-electron chi connectivity index (χ2n) is 7.80. The number of ether oxygens (including phenoxy) is 1. The molecule has 7 heteroatoms. The third-order valence-electron chi connectivity index (χ3n) is 5.82. The number of nitrogens with one attached hydrogen (secondary N) is 1. The molecule has 0 saturated carbocycles. The quantitative estimate of drug-likeness (QED) is 0.681. The molecule has 3 aromatic rings. The van der Waals surface area contributed by atoms with Gasteiger partial charge in [0.25, 0.3) is 0 Å². The fourth-order valence-electron chi connectivity index (χ4n) is 3.72. The van der Waals surface area contributed by atoms with Crippen LogP contribution in [0.1, 0.15) is 12.7 Å². The van der Waals surface area contributed by atoms with E-state index in [0.29, 0.717) is 6.54 Å². The van der Waals surface area contributed by atoms with E-state index in [1.165, 1.54) is 0 Å².